The number of aromatic nitrogens is 2. The molecule has 36 heavy (non-hydrogen) atoms. The van der Waals surface area contributed by atoms with E-state index in [0.717, 1.165) is 51.1 Å². The molecule has 0 saturated carbocycles. The summed E-state index contributed by atoms with van der Waals surface area (Å²) in [5.41, 5.74) is 2.47. The second-order valence-corrected chi connectivity index (χ2v) is 10.2. The van der Waals surface area contributed by atoms with E-state index in [1.54, 1.807) is 11.6 Å². The zero-order valence-corrected chi connectivity index (χ0v) is 20.6. The van der Waals surface area contributed by atoms with Gasteiger partial charge >= 0.3 is 11.7 Å². The van der Waals surface area contributed by atoms with E-state index in [9.17, 15) is 24.3 Å². The van der Waals surface area contributed by atoms with Crippen LogP contribution in [0.15, 0.2) is 23.0 Å². The van der Waals surface area contributed by atoms with Crippen molar-refractivity contribution in [2.24, 2.45) is 7.05 Å². The van der Waals surface area contributed by atoms with Gasteiger partial charge in [-0.25, -0.2) is 4.79 Å². The number of aliphatic carboxylic acids is 1. The lowest BCUT2D eigenvalue weighted by atomic mass is 9.89. The van der Waals surface area contributed by atoms with Crippen molar-refractivity contribution in [3.8, 4) is 0 Å². The number of piperidine rings is 2. The minimum atomic E-state index is -0.789. The molecule has 0 radical (unpaired) electrons. The number of aryl methyl sites for hydroxylation is 1. The summed E-state index contributed by atoms with van der Waals surface area (Å²) >= 11 is 0. The number of carboxylic acids is 1. The number of benzene rings is 1. The molecule has 5 rings (SSSR count). The molecular weight excluding hydrogens is 464 g/mol. The molecule has 3 saturated heterocycles. The zero-order valence-electron chi connectivity index (χ0n) is 20.6. The molecular formula is C25H34N6O5. The minimum Gasteiger partial charge on any atom is -0.480 e. The maximum atomic E-state index is 13.0. The van der Waals surface area contributed by atoms with Crippen LogP contribution in [-0.2, 0) is 21.4 Å². The molecule has 194 valence electrons. The number of imide groups is 1. The molecule has 4 heterocycles. The van der Waals surface area contributed by atoms with Crippen molar-refractivity contribution in [2.75, 3.05) is 45.8 Å². The number of rotatable bonds is 6. The van der Waals surface area contributed by atoms with Crippen LogP contribution in [0.5, 0.6) is 0 Å². The summed E-state index contributed by atoms with van der Waals surface area (Å²) < 4.78 is 3.12. The van der Waals surface area contributed by atoms with Crippen LogP contribution in [-0.4, -0.2) is 93.7 Å². The van der Waals surface area contributed by atoms with E-state index in [1.165, 1.54) is 10.1 Å². The van der Waals surface area contributed by atoms with Gasteiger partial charge in [-0.15, -0.1) is 0 Å². The van der Waals surface area contributed by atoms with E-state index in [0.29, 0.717) is 30.9 Å². The van der Waals surface area contributed by atoms with Crippen LogP contribution in [0.3, 0.4) is 0 Å². The van der Waals surface area contributed by atoms with Gasteiger partial charge in [0, 0.05) is 46.2 Å². The third-order valence-electron chi connectivity index (χ3n) is 7.98. The number of amides is 2. The van der Waals surface area contributed by atoms with Crippen LogP contribution in [0.1, 0.15) is 43.2 Å². The standard InChI is InChI=1S/C25H34N6O5/c1-28-21-14-17(2-3-19(21)31(25(28)36)20-4-5-22(32)27-23(20)33)16-6-9-29(10-7-16)12-13-30-11-8-26-18(15-30)24(34)35/h2-3,14,16,18,20,26H,4-13,15H2,1H3,(H,34,35)(H,27,32,33)/t18-,20?/m0/s1. The van der Waals surface area contributed by atoms with Crippen molar-refractivity contribution in [1.29, 1.82) is 0 Å². The number of nitrogens with one attached hydrogen (secondary N) is 2. The van der Waals surface area contributed by atoms with Crippen LogP contribution in [0.2, 0.25) is 0 Å². The Kier molecular flexibility index (Phi) is 6.96. The molecule has 0 bridgehead atoms. The molecule has 2 amide bonds. The predicted octanol–water partition coefficient (Wildman–Crippen LogP) is -0.144. The predicted molar refractivity (Wildman–Crippen MR) is 133 cm³/mol. The highest BCUT2D eigenvalue weighted by atomic mass is 16.4. The fourth-order valence-corrected chi connectivity index (χ4v) is 5.82. The molecule has 2 atom stereocenters. The summed E-state index contributed by atoms with van der Waals surface area (Å²) in [6.45, 7) is 5.88. The van der Waals surface area contributed by atoms with E-state index in [2.05, 4.69) is 32.6 Å². The Morgan fingerprint density at radius 1 is 1.03 bits per heavy atom. The third kappa shape index (κ3) is 4.82. The Hall–Kier alpha value is -3.02. The van der Waals surface area contributed by atoms with Crippen LogP contribution in [0, 0.1) is 0 Å². The molecule has 1 unspecified atom stereocenters. The van der Waals surface area contributed by atoms with Crippen LogP contribution in [0.4, 0.5) is 0 Å². The lowest BCUT2D eigenvalue weighted by molar-refractivity contribution is -0.141. The van der Waals surface area contributed by atoms with Gasteiger partial charge in [0.25, 0.3) is 0 Å². The van der Waals surface area contributed by atoms with Gasteiger partial charge in [0.15, 0.2) is 0 Å². The van der Waals surface area contributed by atoms with E-state index in [4.69, 9.17) is 0 Å². The molecule has 3 aliphatic rings. The number of carboxylic acid groups (broad SMARTS) is 1. The molecule has 3 fully saturated rings. The molecule has 11 nitrogen and oxygen atoms in total. The number of carbonyl (C=O) groups excluding carboxylic acids is 2. The number of hydrogen-bond acceptors (Lipinski definition) is 7. The second kappa shape index (κ2) is 10.2. The van der Waals surface area contributed by atoms with Crippen LogP contribution >= 0.6 is 0 Å². The number of hydrogen-bond donors (Lipinski definition) is 3. The third-order valence-corrected chi connectivity index (χ3v) is 7.98. The van der Waals surface area contributed by atoms with Gasteiger partial charge in [-0.2, -0.15) is 0 Å². The van der Waals surface area contributed by atoms with E-state index < -0.39 is 24.0 Å². The highest BCUT2D eigenvalue weighted by Gasteiger charge is 2.32. The summed E-state index contributed by atoms with van der Waals surface area (Å²) in [5.74, 6) is -1.11. The first-order valence-corrected chi connectivity index (χ1v) is 12.8. The molecule has 3 N–H and O–H groups in total. The van der Waals surface area contributed by atoms with Crippen LogP contribution < -0.4 is 16.3 Å². The Bertz CT molecular complexity index is 1230. The maximum Gasteiger partial charge on any atom is 0.329 e. The summed E-state index contributed by atoms with van der Waals surface area (Å²) in [4.78, 5) is 52.9. The molecule has 1 aromatic heterocycles. The van der Waals surface area contributed by atoms with Crippen molar-refractivity contribution in [3.63, 3.8) is 0 Å². The Balaban J connectivity index is 1.22. The van der Waals surface area contributed by atoms with Crippen molar-refractivity contribution in [3.05, 3.63) is 34.2 Å². The second-order valence-electron chi connectivity index (χ2n) is 10.2. The Morgan fingerprint density at radius 2 is 1.78 bits per heavy atom. The summed E-state index contributed by atoms with van der Waals surface area (Å²) in [6, 6.07) is 4.92. The maximum absolute atomic E-state index is 13.0. The van der Waals surface area contributed by atoms with Gasteiger partial charge in [-0.3, -0.25) is 33.7 Å². The Labute approximate surface area is 209 Å². The van der Waals surface area contributed by atoms with Crippen LogP contribution in [0.25, 0.3) is 11.0 Å². The first-order valence-electron chi connectivity index (χ1n) is 12.8. The highest BCUT2D eigenvalue weighted by molar-refractivity contribution is 6.00. The van der Waals surface area contributed by atoms with Gasteiger partial charge in [0.05, 0.1) is 11.0 Å². The van der Waals surface area contributed by atoms with Crippen molar-refractivity contribution >= 4 is 28.8 Å². The largest absolute Gasteiger partial charge is 0.480 e. The first-order chi connectivity index (χ1) is 17.3. The van der Waals surface area contributed by atoms with Gasteiger partial charge in [0.2, 0.25) is 11.8 Å². The van der Waals surface area contributed by atoms with Crippen molar-refractivity contribution in [2.45, 2.75) is 43.7 Å². The summed E-state index contributed by atoms with van der Waals surface area (Å²) in [6.07, 6.45) is 2.60. The number of carbonyl (C=O) groups is 3. The molecule has 3 aliphatic heterocycles. The van der Waals surface area contributed by atoms with E-state index >= 15 is 0 Å². The number of fused-ring (bicyclic) bond motifs is 1. The topological polar surface area (TPSA) is 129 Å². The van der Waals surface area contributed by atoms with Gasteiger partial charge in [-0.05, 0) is 56.0 Å². The number of nitrogens with zero attached hydrogens (tertiary/aromatic N) is 4. The quantitative estimate of drug-likeness (QED) is 0.470. The molecule has 11 heteroatoms. The molecule has 1 aromatic carbocycles. The van der Waals surface area contributed by atoms with E-state index in [-0.39, 0.29) is 18.0 Å². The number of likely N-dealkylation sites (tertiary alicyclic amines) is 1. The fraction of sp³-hybridized carbons (Fsp3) is 0.600. The summed E-state index contributed by atoms with van der Waals surface area (Å²) in [5, 5.41) is 14.6. The minimum absolute atomic E-state index is 0.227. The molecule has 0 aliphatic carbocycles. The van der Waals surface area contributed by atoms with E-state index in [1.807, 2.05) is 6.07 Å². The lowest BCUT2D eigenvalue weighted by Gasteiger charge is -2.36. The highest BCUT2D eigenvalue weighted by Crippen LogP contribution is 2.31. The van der Waals surface area contributed by atoms with Crippen molar-refractivity contribution < 1.29 is 19.5 Å². The van der Waals surface area contributed by atoms with Gasteiger partial charge in [-0.1, -0.05) is 6.07 Å². The van der Waals surface area contributed by atoms with Gasteiger partial charge in [0.1, 0.15) is 12.1 Å². The average molecular weight is 499 g/mol. The summed E-state index contributed by atoms with van der Waals surface area (Å²) in [7, 11) is 1.73. The van der Waals surface area contributed by atoms with Crippen molar-refractivity contribution in [1.82, 2.24) is 29.6 Å². The Morgan fingerprint density at radius 3 is 2.50 bits per heavy atom. The zero-order chi connectivity index (χ0) is 25.4. The monoisotopic (exact) mass is 498 g/mol. The normalized spacial score (nSPS) is 24.8. The molecule has 2 aromatic rings. The smallest absolute Gasteiger partial charge is 0.329 e. The average Bonchev–Trinajstić information content (AvgIpc) is 3.12. The SMILES string of the molecule is Cn1c(=O)n(C2CCC(=O)NC2=O)c2ccc(C3CCN(CCN4CCN[C@H](C(=O)O)C4)CC3)cc21. The molecule has 0 spiro atoms. The number of imidazole rings is 1. The van der Waals surface area contributed by atoms with Gasteiger partial charge < -0.3 is 15.3 Å². The number of piperazine rings is 1. The fourth-order valence-electron chi connectivity index (χ4n) is 5.82. The lowest BCUT2D eigenvalue weighted by Crippen LogP contribution is -2.55. The first kappa shape index (κ1) is 24.7.